The number of carbonyl (C=O) groups is 1. The standard InChI is InChI=1S/C23H24N6O3/c1-15-21(23(31)26-19(13-30)22-25-9-11-28(22)17-5-6-17)20-12-18(7-10-29(20)27-15)32-14-16-4-2-3-8-24-16/h2-4,7-12,17,19,30H,5-6,13-14H2,1H3,(H,26,31). The minimum absolute atomic E-state index is 0.244. The summed E-state index contributed by atoms with van der Waals surface area (Å²) in [6.07, 6.45) is 9.25. The van der Waals surface area contributed by atoms with Gasteiger partial charge < -0.3 is 19.7 Å². The van der Waals surface area contributed by atoms with Gasteiger partial charge in [0, 0.05) is 36.9 Å². The number of nitrogens with zero attached hydrogens (tertiary/aromatic N) is 5. The first-order chi connectivity index (χ1) is 15.6. The largest absolute Gasteiger partial charge is 0.487 e. The van der Waals surface area contributed by atoms with Crippen molar-refractivity contribution in [3.8, 4) is 5.75 Å². The molecule has 4 aromatic rings. The lowest BCUT2D eigenvalue weighted by molar-refractivity contribution is 0.0912. The predicted octanol–water partition coefficient (Wildman–Crippen LogP) is 2.61. The molecule has 164 valence electrons. The van der Waals surface area contributed by atoms with Crippen molar-refractivity contribution in [3.63, 3.8) is 0 Å². The van der Waals surface area contributed by atoms with Gasteiger partial charge in [-0.05, 0) is 38.0 Å². The van der Waals surface area contributed by atoms with Crippen LogP contribution in [0.1, 0.15) is 52.5 Å². The summed E-state index contributed by atoms with van der Waals surface area (Å²) in [7, 11) is 0. The van der Waals surface area contributed by atoms with E-state index in [-0.39, 0.29) is 12.5 Å². The fourth-order valence-corrected chi connectivity index (χ4v) is 3.83. The van der Waals surface area contributed by atoms with E-state index in [4.69, 9.17) is 4.74 Å². The highest BCUT2D eigenvalue weighted by atomic mass is 16.5. The number of fused-ring (bicyclic) bond motifs is 1. The van der Waals surface area contributed by atoms with E-state index in [9.17, 15) is 9.90 Å². The van der Waals surface area contributed by atoms with E-state index in [0.29, 0.717) is 41.0 Å². The van der Waals surface area contributed by atoms with E-state index in [0.717, 1.165) is 18.5 Å². The van der Waals surface area contributed by atoms with Gasteiger partial charge in [-0.15, -0.1) is 0 Å². The van der Waals surface area contributed by atoms with Gasteiger partial charge in [0.2, 0.25) is 0 Å². The average Bonchev–Trinajstić information content (AvgIpc) is 3.44. The quantitative estimate of drug-likeness (QED) is 0.443. The molecule has 4 aromatic heterocycles. The number of aliphatic hydroxyl groups is 1. The fraction of sp³-hybridized carbons (Fsp3) is 0.304. The van der Waals surface area contributed by atoms with E-state index in [1.807, 2.05) is 29.0 Å². The molecule has 0 radical (unpaired) electrons. The van der Waals surface area contributed by atoms with Crippen molar-refractivity contribution in [3.05, 3.63) is 77.9 Å². The molecule has 9 nitrogen and oxygen atoms in total. The molecular weight excluding hydrogens is 408 g/mol. The second-order valence-corrected chi connectivity index (χ2v) is 7.89. The molecule has 1 fully saturated rings. The van der Waals surface area contributed by atoms with Gasteiger partial charge in [0.15, 0.2) is 0 Å². The summed E-state index contributed by atoms with van der Waals surface area (Å²) in [4.78, 5) is 21.9. The van der Waals surface area contributed by atoms with Crippen LogP contribution in [0.3, 0.4) is 0 Å². The molecule has 32 heavy (non-hydrogen) atoms. The highest BCUT2D eigenvalue weighted by Crippen LogP contribution is 2.36. The number of hydrogen-bond donors (Lipinski definition) is 2. The van der Waals surface area contributed by atoms with Gasteiger partial charge >= 0.3 is 0 Å². The van der Waals surface area contributed by atoms with E-state index >= 15 is 0 Å². The van der Waals surface area contributed by atoms with Crippen molar-refractivity contribution >= 4 is 11.4 Å². The van der Waals surface area contributed by atoms with Gasteiger partial charge in [-0.25, -0.2) is 9.50 Å². The van der Waals surface area contributed by atoms with Gasteiger partial charge in [-0.3, -0.25) is 9.78 Å². The number of aryl methyl sites for hydroxylation is 1. The van der Waals surface area contributed by atoms with Crippen molar-refractivity contribution in [1.29, 1.82) is 0 Å². The number of rotatable bonds is 8. The lowest BCUT2D eigenvalue weighted by Crippen LogP contribution is -2.33. The monoisotopic (exact) mass is 432 g/mol. The average molecular weight is 432 g/mol. The topological polar surface area (TPSA) is 107 Å². The van der Waals surface area contributed by atoms with Crippen LogP contribution in [0.4, 0.5) is 0 Å². The second kappa shape index (κ2) is 8.43. The highest BCUT2D eigenvalue weighted by molar-refractivity contribution is 6.02. The first kappa shape index (κ1) is 20.2. The zero-order valence-electron chi connectivity index (χ0n) is 17.7. The SMILES string of the molecule is Cc1nn2ccc(OCc3ccccn3)cc2c1C(=O)NC(CO)c1nccn1C1CC1. The Labute approximate surface area is 184 Å². The van der Waals surface area contributed by atoms with Crippen LogP contribution in [0.5, 0.6) is 5.75 Å². The van der Waals surface area contributed by atoms with E-state index in [1.54, 1.807) is 42.2 Å². The van der Waals surface area contributed by atoms with Crippen LogP contribution >= 0.6 is 0 Å². The molecule has 1 amide bonds. The molecule has 0 aromatic carbocycles. The summed E-state index contributed by atoms with van der Waals surface area (Å²) in [5.74, 6) is 0.959. The third-order valence-electron chi connectivity index (χ3n) is 5.56. The van der Waals surface area contributed by atoms with Crippen LogP contribution in [0.2, 0.25) is 0 Å². The van der Waals surface area contributed by atoms with Gasteiger partial charge in [0.25, 0.3) is 5.91 Å². The molecular formula is C23H24N6O3. The van der Waals surface area contributed by atoms with Crippen molar-refractivity contribution in [2.75, 3.05) is 6.61 Å². The van der Waals surface area contributed by atoms with Crippen LogP contribution < -0.4 is 10.1 Å². The maximum absolute atomic E-state index is 13.2. The number of ether oxygens (including phenoxy) is 1. The fourth-order valence-electron chi connectivity index (χ4n) is 3.83. The van der Waals surface area contributed by atoms with Crippen molar-refractivity contribution in [2.24, 2.45) is 0 Å². The normalized spacial score (nSPS) is 14.4. The van der Waals surface area contributed by atoms with Crippen LogP contribution in [0.25, 0.3) is 5.52 Å². The van der Waals surface area contributed by atoms with Crippen molar-refractivity contribution < 1.29 is 14.6 Å². The Balaban J connectivity index is 1.39. The van der Waals surface area contributed by atoms with Crippen molar-refractivity contribution in [2.45, 2.75) is 38.5 Å². The molecule has 1 unspecified atom stereocenters. The first-order valence-corrected chi connectivity index (χ1v) is 10.6. The minimum Gasteiger partial charge on any atom is -0.487 e. The Hall–Kier alpha value is -3.72. The third-order valence-corrected chi connectivity index (χ3v) is 5.56. The highest BCUT2D eigenvalue weighted by Gasteiger charge is 2.29. The number of imidazole rings is 1. The smallest absolute Gasteiger partial charge is 0.256 e. The van der Waals surface area contributed by atoms with E-state index in [1.165, 1.54) is 0 Å². The molecule has 1 atom stereocenters. The molecule has 2 N–H and O–H groups in total. The molecule has 1 aliphatic carbocycles. The second-order valence-electron chi connectivity index (χ2n) is 7.89. The van der Waals surface area contributed by atoms with E-state index in [2.05, 4.69) is 20.4 Å². The van der Waals surface area contributed by atoms with Gasteiger partial charge in [0.1, 0.15) is 24.2 Å². The number of pyridine rings is 2. The van der Waals surface area contributed by atoms with Gasteiger partial charge in [-0.1, -0.05) is 6.07 Å². The van der Waals surface area contributed by atoms with Crippen molar-refractivity contribution in [1.82, 2.24) is 29.5 Å². The number of aromatic nitrogens is 5. The molecule has 0 aliphatic heterocycles. The Morgan fingerprint density at radius 3 is 2.88 bits per heavy atom. The number of carbonyl (C=O) groups excluding carboxylic acids is 1. The van der Waals surface area contributed by atoms with E-state index < -0.39 is 6.04 Å². The molecule has 0 spiro atoms. The Kier molecular flexibility index (Phi) is 5.32. The minimum atomic E-state index is -0.601. The zero-order chi connectivity index (χ0) is 22.1. The molecule has 5 rings (SSSR count). The molecule has 1 aliphatic rings. The van der Waals surface area contributed by atoms with Crippen LogP contribution in [-0.2, 0) is 6.61 Å². The number of nitrogens with one attached hydrogen (secondary N) is 1. The molecule has 4 heterocycles. The summed E-state index contributed by atoms with van der Waals surface area (Å²) in [6, 6.07) is 9.04. The zero-order valence-corrected chi connectivity index (χ0v) is 17.7. The summed E-state index contributed by atoms with van der Waals surface area (Å²) >= 11 is 0. The summed E-state index contributed by atoms with van der Waals surface area (Å²) < 4.78 is 9.55. The predicted molar refractivity (Wildman–Crippen MR) is 116 cm³/mol. The van der Waals surface area contributed by atoms with Crippen LogP contribution in [0.15, 0.2) is 55.1 Å². The Bertz CT molecular complexity index is 1250. The lowest BCUT2D eigenvalue weighted by atomic mass is 10.1. The van der Waals surface area contributed by atoms with Crippen LogP contribution in [-0.4, -0.2) is 41.8 Å². The Morgan fingerprint density at radius 2 is 2.12 bits per heavy atom. The van der Waals surface area contributed by atoms with Gasteiger partial charge in [0.05, 0.1) is 29.1 Å². The number of hydrogen-bond acceptors (Lipinski definition) is 6. The van der Waals surface area contributed by atoms with Gasteiger partial charge in [-0.2, -0.15) is 5.10 Å². The number of amides is 1. The molecule has 0 bridgehead atoms. The molecule has 9 heteroatoms. The maximum atomic E-state index is 13.2. The first-order valence-electron chi connectivity index (χ1n) is 10.6. The summed E-state index contributed by atoms with van der Waals surface area (Å²) in [5, 5.41) is 17.3. The Morgan fingerprint density at radius 1 is 1.25 bits per heavy atom. The number of aliphatic hydroxyl groups excluding tert-OH is 1. The molecule has 0 saturated heterocycles. The van der Waals surface area contributed by atoms with Crippen LogP contribution in [0, 0.1) is 6.92 Å². The maximum Gasteiger partial charge on any atom is 0.256 e. The third kappa shape index (κ3) is 3.94. The summed E-state index contributed by atoms with van der Waals surface area (Å²) in [6.45, 7) is 1.86. The molecule has 1 saturated carbocycles. The lowest BCUT2D eigenvalue weighted by Gasteiger charge is -2.17. The summed E-state index contributed by atoms with van der Waals surface area (Å²) in [5.41, 5.74) is 2.47.